The van der Waals surface area contributed by atoms with Crippen molar-refractivity contribution in [3.05, 3.63) is 23.8 Å². The molecule has 2 aromatic rings. The Morgan fingerprint density at radius 3 is 3.07 bits per heavy atom. The van der Waals surface area contributed by atoms with Crippen molar-refractivity contribution < 1.29 is 5.11 Å². The van der Waals surface area contributed by atoms with Crippen LogP contribution in [-0.2, 0) is 6.42 Å². The molecule has 1 aromatic carbocycles. The summed E-state index contributed by atoms with van der Waals surface area (Å²) in [5.74, 6) is 5.66. The van der Waals surface area contributed by atoms with E-state index >= 15 is 0 Å². The summed E-state index contributed by atoms with van der Waals surface area (Å²) >= 11 is 0. The summed E-state index contributed by atoms with van der Waals surface area (Å²) in [7, 11) is 0. The van der Waals surface area contributed by atoms with Gasteiger partial charge in [0.15, 0.2) is 0 Å². The number of nitrogens with two attached hydrogens (primary N) is 1. The quantitative estimate of drug-likeness (QED) is 0.715. The standard InChI is InChI=1S/C10H14N4O/c1-7(15)5-6-8-3-2-4-9-10(8)14(11)13-12-9/h2-4,7,15H,5-6,11H2,1H3/t7-/m1/s1. The molecular formula is C10H14N4O. The first-order valence-electron chi connectivity index (χ1n) is 4.95. The summed E-state index contributed by atoms with van der Waals surface area (Å²) in [5.41, 5.74) is 2.71. The minimum absolute atomic E-state index is 0.303. The number of rotatable bonds is 3. The molecule has 0 amide bonds. The molecule has 5 heteroatoms. The predicted molar refractivity (Wildman–Crippen MR) is 57.7 cm³/mol. The van der Waals surface area contributed by atoms with E-state index in [9.17, 15) is 5.11 Å². The van der Waals surface area contributed by atoms with Gasteiger partial charge < -0.3 is 10.9 Å². The number of para-hydroxylation sites is 1. The monoisotopic (exact) mass is 206 g/mol. The van der Waals surface area contributed by atoms with E-state index in [1.807, 2.05) is 18.2 Å². The highest BCUT2D eigenvalue weighted by Gasteiger charge is 2.08. The van der Waals surface area contributed by atoms with Gasteiger partial charge in [0.05, 0.1) is 6.10 Å². The van der Waals surface area contributed by atoms with Crippen molar-refractivity contribution in [2.24, 2.45) is 0 Å². The van der Waals surface area contributed by atoms with Gasteiger partial charge in [-0.05, 0) is 36.6 Å². The zero-order valence-electron chi connectivity index (χ0n) is 8.59. The molecule has 1 heterocycles. The smallest absolute Gasteiger partial charge is 0.115 e. The number of aliphatic hydroxyl groups excluding tert-OH is 1. The molecule has 5 nitrogen and oxygen atoms in total. The van der Waals surface area contributed by atoms with Crippen molar-refractivity contribution >= 4 is 11.0 Å². The molecule has 0 aliphatic carbocycles. The van der Waals surface area contributed by atoms with Crippen LogP contribution in [0.5, 0.6) is 0 Å². The van der Waals surface area contributed by atoms with Crippen molar-refractivity contribution in [1.82, 2.24) is 15.1 Å². The highest BCUT2D eigenvalue weighted by atomic mass is 16.3. The number of hydrogen-bond donors (Lipinski definition) is 2. The number of benzene rings is 1. The third-order valence-electron chi connectivity index (χ3n) is 2.41. The second-order valence-electron chi connectivity index (χ2n) is 3.71. The van der Waals surface area contributed by atoms with Gasteiger partial charge in [-0.1, -0.05) is 12.1 Å². The molecular weight excluding hydrogens is 192 g/mol. The first kappa shape index (κ1) is 9.92. The van der Waals surface area contributed by atoms with Gasteiger partial charge in [0, 0.05) is 0 Å². The Morgan fingerprint density at radius 2 is 2.33 bits per heavy atom. The van der Waals surface area contributed by atoms with Crippen molar-refractivity contribution in [2.45, 2.75) is 25.9 Å². The van der Waals surface area contributed by atoms with Crippen LogP contribution >= 0.6 is 0 Å². The summed E-state index contributed by atoms with van der Waals surface area (Å²) in [5, 5.41) is 16.9. The number of fused-ring (bicyclic) bond motifs is 1. The zero-order chi connectivity index (χ0) is 10.8. The van der Waals surface area contributed by atoms with Crippen molar-refractivity contribution in [3.8, 4) is 0 Å². The van der Waals surface area contributed by atoms with Crippen molar-refractivity contribution in [3.63, 3.8) is 0 Å². The van der Waals surface area contributed by atoms with E-state index in [1.165, 1.54) is 4.79 Å². The van der Waals surface area contributed by atoms with E-state index in [2.05, 4.69) is 10.3 Å². The van der Waals surface area contributed by atoms with E-state index in [1.54, 1.807) is 6.92 Å². The van der Waals surface area contributed by atoms with Gasteiger partial charge in [-0.15, -0.1) is 5.10 Å². The van der Waals surface area contributed by atoms with Crippen molar-refractivity contribution in [2.75, 3.05) is 5.84 Å². The lowest BCUT2D eigenvalue weighted by molar-refractivity contribution is 0.185. The van der Waals surface area contributed by atoms with Crippen LogP contribution in [0.3, 0.4) is 0 Å². The lowest BCUT2D eigenvalue weighted by Crippen LogP contribution is -2.11. The molecule has 80 valence electrons. The lowest BCUT2D eigenvalue weighted by Gasteiger charge is -2.05. The zero-order valence-corrected chi connectivity index (χ0v) is 8.59. The molecule has 0 unspecified atom stereocenters. The predicted octanol–water partition coefficient (Wildman–Crippen LogP) is 0.458. The van der Waals surface area contributed by atoms with E-state index in [0.717, 1.165) is 23.0 Å². The SMILES string of the molecule is C[C@@H](O)CCc1cccc2nnn(N)c12. The summed E-state index contributed by atoms with van der Waals surface area (Å²) in [6.07, 6.45) is 1.19. The van der Waals surface area contributed by atoms with Gasteiger partial charge in [-0.3, -0.25) is 0 Å². The molecule has 0 fully saturated rings. The summed E-state index contributed by atoms with van der Waals surface area (Å²) < 4.78 is 0. The lowest BCUT2D eigenvalue weighted by atomic mass is 10.1. The van der Waals surface area contributed by atoms with E-state index in [0.29, 0.717) is 6.42 Å². The van der Waals surface area contributed by atoms with Crippen LogP contribution in [0.2, 0.25) is 0 Å². The van der Waals surface area contributed by atoms with Crippen molar-refractivity contribution in [1.29, 1.82) is 0 Å². The maximum absolute atomic E-state index is 9.24. The molecule has 0 saturated heterocycles. The summed E-state index contributed by atoms with van der Waals surface area (Å²) in [4.78, 5) is 1.28. The molecule has 0 bridgehead atoms. The number of aryl methyl sites for hydroxylation is 1. The number of aromatic nitrogens is 3. The number of nitrogens with zero attached hydrogens (tertiary/aromatic N) is 3. The van der Waals surface area contributed by atoms with Gasteiger partial charge in [0.1, 0.15) is 11.0 Å². The first-order valence-corrected chi connectivity index (χ1v) is 4.95. The maximum Gasteiger partial charge on any atom is 0.115 e. The van der Waals surface area contributed by atoms with Gasteiger partial charge in [-0.25, -0.2) is 0 Å². The van der Waals surface area contributed by atoms with Gasteiger partial charge in [0.25, 0.3) is 0 Å². The highest BCUT2D eigenvalue weighted by Crippen LogP contribution is 2.16. The van der Waals surface area contributed by atoms with Crippen LogP contribution in [0.1, 0.15) is 18.9 Å². The van der Waals surface area contributed by atoms with Gasteiger partial charge in [0.2, 0.25) is 0 Å². The Labute approximate surface area is 87.5 Å². The minimum atomic E-state index is -0.303. The molecule has 1 aromatic heterocycles. The fourth-order valence-corrected chi connectivity index (χ4v) is 1.63. The van der Waals surface area contributed by atoms with Crippen LogP contribution in [-0.4, -0.2) is 26.3 Å². The third-order valence-corrected chi connectivity index (χ3v) is 2.41. The Bertz CT molecular complexity index is 463. The molecule has 0 saturated carbocycles. The maximum atomic E-state index is 9.24. The fourth-order valence-electron chi connectivity index (χ4n) is 1.63. The number of nitrogen functional groups attached to an aromatic ring is 1. The Hall–Kier alpha value is -1.62. The summed E-state index contributed by atoms with van der Waals surface area (Å²) in [6, 6.07) is 5.78. The molecule has 0 aliphatic heterocycles. The Morgan fingerprint density at radius 1 is 1.53 bits per heavy atom. The third kappa shape index (κ3) is 1.92. The largest absolute Gasteiger partial charge is 0.393 e. The Kier molecular flexibility index (Phi) is 2.55. The van der Waals surface area contributed by atoms with E-state index in [4.69, 9.17) is 5.84 Å². The Balaban J connectivity index is 2.37. The molecule has 3 N–H and O–H groups in total. The van der Waals surface area contributed by atoms with Gasteiger partial charge in [-0.2, -0.15) is 4.79 Å². The van der Waals surface area contributed by atoms with Crippen LogP contribution < -0.4 is 5.84 Å². The first-order chi connectivity index (χ1) is 7.18. The average Bonchev–Trinajstić information content (AvgIpc) is 2.58. The average molecular weight is 206 g/mol. The van der Waals surface area contributed by atoms with Gasteiger partial charge >= 0.3 is 0 Å². The molecule has 2 rings (SSSR count). The molecule has 1 atom stereocenters. The minimum Gasteiger partial charge on any atom is -0.393 e. The number of aliphatic hydroxyl groups is 1. The summed E-state index contributed by atoms with van der Waals surface area (Å²) in [6.45, 7) is 1.78. The second kappa shape index (κ2) is 3.86. The molecule has 0 radical (unpaired) electrons. The van der Waals surface area contributed by atoms with E-state index in [-0.39, 0.29) is 6.10 Å². The normalized spacial score (nSPS) is 13.2. The molecule has 0 aliphatic rings. The second-order valence-corrected chi connectivity index (χ2v) is 3.71. The molecule has 0 spiro atoms. The van der Waals surface area contributed by atoms with Crippen LogP contribution in [0, 0.1) is 0 Å². The fraction of sp³-hybridized carbons (Fsp3) is 0.400. The van der Waals surface area contributed by atoms with Crippen LogP contribution in [0.25, 0.3) is 11.0 Å². The van der Waals surface area contributed by atoms with Crippen LogP contribution in [0.15, 0.2) is 18.2 Å². The van der Waals surface area contributed by atoms with E-state index < -0.39 is 0 Å². The molecule has 15 heavy (non-hydrogen) atoms. The highest BCUT2D eigenvalue weighted by molar-refractivity contribution is 5.78. The van der Waals surface area contributed by atoms with Crippen LogP contribution in [0.4, 0.5) is 0 Å². The number of hydrogen-bond acceptors (Lipinski definition) is 4. The topological polar surface area (TPSA) is 77.0 Å².